The Labute approximate surface area is 149 Å². The Morgan fingerprint density at radius 3 is 2.68 bits per heavy atom. The third kappa shape index (κ3) is 4.71. The molecule has 1 aliphatic heterocycles. The summed E-state index contributed by atoms with van der Waals surface area (Å²) in [6, 6.07) is 10.4. The highest BCUT2D eigenvalue weighted by Crippen LogP contribution is 2.28. The van der Waals surface area contributed by atoms with Gasteiger partial charge in [-0.25, -0.2) is 0 Å². The first kappa shape index (κ1) is 17.7. The molecule has 1 aliphatic carbocycles. The lowest BCUT2D eigenvalue weighted by Gasteiger charge is -2.27. The lowest BCUT2D eigenvalue weighted by atomic mass is 10.00. The van der Waals surface area contributed by atoms with Crippen LogP contribution in [0.2, 0.25) is 0 Å². The Kier molecular flexibility index (Phi) is 5.90. The zero-order valence-electron chi connectivity index (χ0n) is 14.6. The number of nitrogens with zero attached hydrogens (tertiary/aromatic N) is 2. The molecule has 0 atom stereocenters. The number of nitriles is 1. The van der Waals surface area contributed by atoms with Crippen LogP contribution in [0.3, 0.4) is 0 Å². The van der Waals surface area contributed by atoms with E-state index in [1.165, 1.54) is 5.56 Å². The normalized spacial score (nSPS) is 20.0. The van der Waals surface area contributed by atoms with Crippen molar-refractivity contribution < 1.29 is 9.53 Å². The maximum Gasteiger partial charge on any atom is 0.240 e. The van der Waals surface area contributed by atoms with Crippen LogP contribution in [0.5, 0.6) is 0 Å². The fourth-order valence-corrected chi connectivity index (χ4v) is 3.56. The summed E-state index contributed by atoms with van der Waals surface area (Å²) in [7, 11) is 0. The molecule has 6 nitrogen and oxygen atoms in total. The van der Waals surface area contributed by atoms with Crippen LogP contribution in [0.15, 0.2) is 24.3 Å². The Balaban J connectivity index is 1.55. The number of para-hydroxylation sites is 1. The number of benzene rings is 1. The summed E-state index contributed by atoms with van der Waals surface area (Å²) in [5.74, 6) is -0.121. The Morgan fingerprint density at radius 2 is 1.96 bits per heavy atom. The largest absolute Gasteiger partial charge is 0.379 e. The van der Waals surface area contributed by atoms with Gasteiger partial charge >= 0.3 is 0 Å². The minimum absolute atomic E-state index is 0.121. The first-order valence-corrected chi connectivity index (χ1v) is 9.05. The van der Waals surface area contributed by atoms with Crippen LogP contribution < -0.4 is 10.6 Å². The second-order valence-electron chi connectivity index (χ2n) is 6.85. The van der Waals surface area contributed by atoms with Gasteiger partial charge in [-0.2, -0.15) is 5.26 Å². The lowest BCUT2D eigenvalue weighted by Crippen LogP contribution is -2.47. The molecule has 134 valence electrons. The van der Waals surface area contributed by atoms with Gasteiger partial charge < -0.3 is 15.4 Å². The smallest absolute Gasteiger partial charge is 0.240 e. The van der Waals surface area contributed by atoms with E-state index in [1.807, 2.05) is 18.2 Å². The number of carbonyl (C=O) groups excluding carboxylic acids is 1. The summed E-state index contributed by atoms with van der Waals surface area (Å²) in [5.41, 5.74) is 1.49. The standard InChI is InChI=1S/C19H26N4O2/c20-15-19(7-3-4-8-19)22-18(24)13-21-17-6-2-1-5-16(17)14-23-9-11-25-12-10-23/h1-2,5-6,21H,3-4,7-14H2,(H,22,24). The van der Waals surface area contributed by atoms with E-state index in [4.69, 9.17) is 4.74 Å². The molecule has 0 aromatic heterocycles. The number of anilines is 1. The molecule has 2 N–H and O–H groups in total. The minimum Gasteiger partial charge on any atom is -0.379 e. The monoisotopic (exact) mass is 342 g/mol. The molecular weight excluding hydrogens is 316 g/mol. The molecule has 1 aromatic rings. The topological polar surface area (TPSA) is 77.4 Å². The summed E-state index contributed by atoms with van der Waals surface area (Å²) in [6.07, 6.45) is 3.51. The third-order valence-corrected chi connectivity index (χ3v) is 5.00. The SMILES string of the molecule is N#CC1(NC(=O)CNc2ccccc2CN2CCOCC2)CCCC1. The van der Waals surface area contributed by atoms with Crippen molar-refractivity contribution in [3.63, 3.8) is 0 Å². The Hall–Kier alpha value is -2.10. The van der Waals surface area contributed by atoms with Crippen LogP contribution in [-0.2, 0) is 16.1 Å². The molecule has 6 heteroatoms. The predicted octanol–water partition coefficient (Wildman–Crippen LogP) is 1.88. The molecule has 25 heavy (non-hydrogen) atoms. The number of carbonyl (C=O) groups is 1. The molecule has 0 radical (unpaired) electrons. The van der Waals surface area contributed by atoms with Gasteiger partial charge in [0.2, 0.25) is 5.91 Å². The average molecular weight is 342 g/mol. The van der Waals surface area contributed by atoms with E-state index in [-0.39, 0.29) is 12.5 Å². The van der Waals surface area contributed by atoms with E-state index in [2.05, 4.69) is 27.7 Å². The summed E-state index contributed by atoms with van der Waals surface area (Å²) in [4.78, 5) is 14.6. The summed E-state index contributed by atoms with van der Waals surface area (Å²) in [5, 5.41) is 15.5. The van der Waals surface area contributed by atoms with Gasteiger partial charge in [0.25, 0.3) is 0 Å². The van der Waals surface area contributed by atoms with Gasteiger partial charge in [0.05, 0.1) is 25.8 Å². The van der Waals surface area contributed by atoms with Crippen molar-refractivity contribution in [1.82, 2.24) is 10.2 Å². The molecule has 1 amide bonds. The van der Waals surface area contributed by atoms with Crippen LogP contribution >= 0.6 is 0 Å². The molecule has 3 rings (SSSR count). The molecular formula is C19H26N4O2. The number of rotatable bonds is 6. The molecule has 1 saturated heterocycles. The quantitative estimate of drug-likeness (QED) is 0.825. The highest BCUT2D eigenvalue weighted by atomic mass is 16.5. The molecule has 0 unspecified atom stereocenters. The molecule has 1 aromatic carbocycles. The molecule has 1 heterocycles. The highest BCUT2D eigenvalue weighted by molar-refractivity contribution is 5.82. The van der Waals surface area contributed by atoms with Crippen LogP contribution in [0.25, 0.3) is 0 Å². The summed E-state index contributed by atoms with van der Waals surface area (Å²) in [6.45, 7) is 4.43. The number of hydrogen-bond acceptors (Lipinski definition) is 5. The van der Waals surface area contributed by atoms with E-state index in [1.54, 1.807) is 0 Å². The Morgan fingerprint density at radius 1 is 1.24 bits per heavy atom. The minimum atomic E-state index is -0.661. The zero-order valence-corrected chi connectivity index (χ0v) is 14.6. The van der Waals surface area contributed by atoms with Crippen molar-refractivity contribution in [3.05, 3.63) is 29.8 Å². The van der Waals surface area contributed by atoms with Crippen molar-refractivity contribution in [2.24, 2.45) is 0 Å². The first-order chi connectivity index (χ1) is 12.2. The van der Waals surface area contributed by atoms with Crippen molar-refractivity contribution in [1.29, 1.82) is 5.26 Å². The van der Waals surface area contributed by atoms with Gasteiger partial charge in [-0.3, -0.25) is 9.69 Å². The van der Waals surface area contributed by atoms with E-state index in [9.17, 15) is 10.1 Å². The number of ether oxygens (including phenoxy) is 1. The zero-order chi connectivity index (χ0) is 17.5. The Bertz CT molecular complexity index is 629. The van der Waals surface area contributed by atoms with Crippen LogP contribution in [0, 0.1) is 11.3 Å². The third-order valence-electron chi connectivity index (χ3n) is 5.00. The highest BCUT2D eigenvalue weighted by Gasteiger charge is 2.35. The van der Waals surface area contributed by atoms with Crippen LogP contribution in [-0.4, -0.2) is 49.2 Å². The second-order valence-corrected chi connectivity index (χ2v) is 6.85. The number of hydrogen-bond donors (Lipinski definition) is 2. The first-order valence-electron chi connectivity index (χ1n) is 9.05. The van der Waals surface area contributed by atoms with Crippen molar-refractivity contribution in [3.8, 4) is 6.07 Å². The summed E-state index contributed by atoms with van der Waals surface area (Å²) >= 11 is 0. The average Bonchev–Trinajstić information content (AvgIpc) is 3.11. The molecule has 2 fully saturated rings. The van der Waals surface area contributed by atoms with E-state index >= 15 is 0 Å². The van der Waals surface area contributed by atoms with Crippen LogP contribution in [0.1, 0.15) is 31.2 Å². The fraction of sp³-hybridized carbons (Fsp3) is 0.579. The van der Waals surface area contributed by atoms with Gasteiger partial charge in [-0.15, -0.1) is 0 Å². The van der Waals surface area contributed by atoms with Gasteiger partial charge in [-0.05, 0) is 37.3 Å². The fourth-order valence-electron chi connectivity index (χ4n) is 3.56. The molecule has 2 aliphatic rings. The van der Waals surface area contributed by atoms with Gasteiger partial charge in [0, 0.05) is 25.3 Å². The number of nitrogens with one attached hydrogen (secondary N) is 2. The maximum atomic E-state index is 12.3. The number of amides is 1. The molecule has 0 spiro atoms. The van der Waals surface area contributed by atoms with Crippen molar-refractivity contribution >= 4 is 11.6 Å². The lowest BCUT2D eigenvalue weighted by molar-refractivity contribution is -0.120. The van der Waals surface area contributed by atoms with Crippen molar-refractivity contribution in [2.75, 3.05) is 38.2 Å². The predicted molar refractivity (Wildman–Crippen MR) is 96.0 cm³/mol. The molecule has 0 bridgehead atoms. The maximum absolute atomic E-state index is 12.3. The van der Waals surface area contributed by atoms with Gasteiger partial charge in [-0.1, -0.05) is 18.2 Å². The van der Waals surface area contributed by atoms with Crippen molar-refractivity contribution in [2.45, 2.75) is 37.8 Å². The van der Waals surface area contributed by atoms with E-state index in [0.29, 0.717) is 0 Å². The second kappa shape index (κ2) is 8.32. The van der Waals surface area contributed by atoms with Gasteiger partial charge in [0.1, 0.15) is 5.54 Å². The van der Waals surface area contributed by atoms with Gasteiger partial charge in [0.15, 0.2) is 0 Å². The molecule has 1 saturated carbocycles. The number of morpholine rings is 1. The van der Waals surface area contributed by atoms with E-state index in [0.717, 1.165) is 64.2 Å². The van der Waals surface area contributed by atoms with E-state index < -0.39 is 5.54 Å². The summed E-state index contributed by atoms with van der Waals surface area (Å²) < 4.78 is 5.39. The van der Waals surface area contributed by atoms with Crippen LogP contribution in [0.4, 0.5) is 5.69 Å².